The second-order valence-electron chi connectivity index (χ2n) is 6.16. The summed E-state index contributed by atoms with van der Waals surface area (Å²) in [5.74, 6) is 0.0186. The van der Waals surface area contributed by atoms with E-state index < -0.39 is 6.61 Å². The van der Waals surface area contributed by atoms with E-state index in [-0.39, 0.29) is 23.3 Å². The highest BCUT2D eigenvalue weighted by molar-refractivity contribution is 5.83. The fourth-order valence-corrected chi connectivity index (χ4v) is 2.97. The third-order valence-corrected chi connectivity index (χ3v) is 4.23. The number of hydrogen-bond donors (Lipinski definition) is 0. The summed E-state index contributed by atoms with van der Waals surface area (Å²) in [6.07, 6.45) is 0.693. The molecule has 1 atom stereocenters. The maximum atomic E-state index is 12.9. The summed E-state index contributed by atoms with van der Waals surface area (Å²) in [5, 5.41) is 0. The molecule has 0 fully saturated rings. The Balaban J connectivity index is 2.15. The Bertz CT molecular complexity index is 737. The van der Waals surface area contributed by atoms with E-state index in [9.17, 15) is 13.6 Å². The predicted molar refractivity (Wildman–Crippen MR) is 100 cm³/mol. The number of hydrogen-bond acceptors (Lipinski definition) is 3. The molecule has 6 heteroatoms. The van der Waals surface area contributed by atoms with Gasteiger partial charge in [0.1, 0.15) is 0 Å². The summed E-state index contributed by atoms with van der Waals surface area (Å²) < 4.78 is 34.9. The zero-order valence-electron chi connectivity index (χ0n) is 15.8. The van der Waals surface area contributed by atoms with Crippen LogP contribution in [0.5, 0.6) is 11.5 Å². The monoisotopic (exact) mass is 377 g/mol. The quantitative estimate of drug-likeness (QED) is 0.628. The number of halogens is 2. The van der Waals surface area contributed by atoms with Gasteiger partial charge in [-0.15, -0.1) is 0 Å². The Labute approximate surface area is 158 Å². The van der Waals surface area contributed by atoms with Crippen molar-refractivity contribution in [2.24, 2.45) is 0 Å². The third kappa shape index (κ3) is 5.67. The molecule has 27 heavy (non-hydrogen) atoms. The average molecular weight is 377 g/mol. The molecule has 146 valence electrons. The highest BCUT2D eigenvalue weighted by Gasteiger charge is 2.22. The molecule has 0 heterocycles. The SMILES string of the molecule is CCOc1cc(CN(C)C(=O)C(CC)c2ccccc2)ccc1OC(F)F. The highest BCUT2D eigenvalue weighted by Crippen LogP contribution is 2.31. The van der Waals surface area contributed by atoms with Crippen molar-refractivity contribution < 1.29 is 23.0 Å². The van der Waals surface area contributed by atoms with Crippen molar-refractivity contribution in [3.8, 4) is 11.5 Å². The van der Waals surface area contributed by atoms with E-state index in [0.29, 0.717) is 19.6 Å². The standard InChI is InChI=1S/C21H25F2NO3/c1-4-17(16-9-7-6-8-10-16)20(25)24(3)14-15-11-12-18(27-21(22)23)19(13-15)26-5-2/h6-13,17,21H,4-5,14H2,1-3H3. The van der Waals surface area contributed by atoms with Crippen molar-refractivity contribution in [1.29, 1.82) is 0 Å². The van der Waals surface area contributed by atoms with Gasteiger partial charge in [-0.3, -0.25) is 4.79 Å². The van der Waals surface area contributed by atoms with E-state index in [1.54, 1.807) is 31.0 Å². The molecular formula is C21H25F2NO3. The van der Waals surface area contributed by atoms with Crippen molar-refractivity contribution in [1.82, 2.24) is 4.90 Å². The lowest BCUT2D eigenvalue weighted by molar-refractivity contribution is -0.132. The van der Waals surface area contributed by atoms with Gasteiger partial charge in [-0.25, -0.2) is 0 Å². The first-order valence-electron chi connectivity index (χ1n) is 8.96. The topological polar surface area (TPSA) is 38.8 Å². The van der Waals surface area contributed by atoms with Gasteiger partial charge < -0.3 is 14.4 Å². The number of amides is 1. The highest BCUT2D eigenvalue weighted by atomic mass is 19.3. The summed E-state index contributed by atoms with van der Waals surface area (Å²) >= 11 is 0. The minimum Gasteiger partial charge on any atom is -0.490 e. The van der Waals surface area contributed by atoms with Gasteiger partial charge in [0.15, 0.2) is 11.5 Å². The van der Waals surface area contributed by atoms with Gasteiger partial charge in [0.05, 0.1) is 12.5 Å². The number of alkyl halides is 2. The molecule has 0 aliphatic rings. The molecule has 1 amide bonds. The summed E-state index contributed by atoms with van der Waals surface area (Å²) in [4.78, 5) is 14.5. The van der Waals surface area contributed by atoms with E-state index >= 15 is 0 Å². The summed E-state index contributed by atoms with van der Waals surface area (Å²) in [5.41, 5.74) is 1.76. The van der Waals surface area contributed by atoms with Crippen molar-refractivity contribution in [2.45, 2.75) is 39.3 Å². The molecule has 0 saturated carbocycles. The van der Waals surface area contributed by atoms with Gasteiger partial charge in [0.25, 0.3) is 0 Å². The van der Waals surface area contributed by atoms with Crippen LogP contribution in [0.4, 0.5) is 8.78 Å². The first kappa shape index (κ1) is 20.7. The van der Waals surface area contributed by atoms with Gasteiger partial charge in [-0.1, -0.05) is 43.3 Å². The molecule has 0 aliphatic heterocycles. The lowest BCUT2D eigenvalue weighted by Gasteiger charge is -2.24. The normalized spacial score (nSPS) is 11.9. The summed E-state index contributed by atoms with van der Waals surface area (Å²) in [6, 6.07) is 14.4. The molecule has 0 N–H and O–H groups in total. The van der Waals surface area contributed by atoms with Gasteiger partial charge in [0, 0.05) is 13.6 Å². The fraction of sp³-hybridized carbons (Fsp3) is 0.381. The minimum absolute atomic E-state index is 0.00886. The van der Waals surface area contributed by atoms with E-state index in [1.165, 1.54) is 6.07 Å². The average Bonchev–Trinajstić information content (AvgIpc) is 2.65. The zero-order chi connectivity index (χ0) is 19.8. The van der Waals surface area contributed by atoms with Crippen LogP contribution < -0.4 is 9.47 Å². The van der Waals surface area contributed by atoms with Crippen LogP contribution in [0.25, 0.3) is 0 Å². The number of rotatable bonds is 9. The number of nitrogens with zero attached hydrogens (tertiary/aromatic N) is 1. The zero-order valence-corrected chi connectivity index (χ0v) is 15.8. The van der Waals surface area contributed by atoms with E-state index in [0.717, 1.165) is 11.1 Å². The van der Waals surface area contributed by atoms with E-state index in [2.05, 4.69) is 4.74 Å². The fourth-order valence-electron chi connectivity index (χ4n) is 2.97. The molecule has 0 radical (unpaired) electrons. The lowest BCUT2D eigenvalue weighted by atomic mass is 9.95. The second-order valence-corrected chi connectivity index (χ2v) is 6.16. The number of likely N-dealkylation sites (N-methyl/N-ethyl adjacent to an activating group) is 1. The van der Waals surface area contributed by atoms with Crippen molar-refractivity contribution >= 4 is 5.91 Å². The number of carbonyl (C=O) groups excluding carboxylic acids is 1. The molecule has 0 saturated heterocycles. The largest absolute Gasteiger partial charge is 0.490 e. The Kier molecular flexibility index (Phi) is 7.58. The van der Waals surface area contributed by atoms with Crippen LogP contribution in [0.3, 0.4) is 0 Å². The molecule has 2 rings (SSSR count). The minimum atomic E-state index is -2.92. The van der Waals surface area contributed by atoms with Crippen LogP contribution in [0.15, 0.2) is 48.5 Å². The molecule has 0 aliphatic carbocycles. The maximum absolute atomic E-state index is 12.9. The summed E-state index contributed by atoms with van der Waals surface area (Å²) in [7, 11) is 1.73. The Morgan fingerprint density at radius 1 is 1.07 bits per heavy atom. The van der Waals surface area contributed by atoms with Crippen molar-refractivity contribution in [3.63, 3.8) is 0 Å². The van der Waals surface area contributed by atoms with Gasteiger partial charge in [0.2, 0.25) is 5.91 Å². The molecule has 4 nitrogen and oxygen atoms in total. The van der Waals surface area contributed by atoms with Crippen LogP contribution >= 0.6 is 0 Å². The molecular weight excluding hydrogens is 352 g/mol. The Morgan fingerprint density at radius 2 is 1.78 bits per heavy atom. The molecule has 0 bridgehead atoms. The van der Waals surface area contributed by atoms with Gasteiger partial charge in [-0.05, 0) is 36.6 Å². The summed E-state index contributed by atoms with van der Waals surface area (Å²) in [6.45, 7) is 1.49. The first-order valence-corrected chi connectivity index (χ1v) is 8.96. The maximum Gasteiger partial charge on any atom is 0.387 e. The molecule has 0 spiro atoms. The van der Waals surface area contributed by atoms with E-state index in [4.69, 9.17) is 4.74 Å². The molecule has 0 aromatic heterocycles. The lowest BCUT2D eigenvalue weighted by Crippen LogP contribution is -2.31. The number of carbonyl (C=O) groups is 1. The van der Waals surface area contributed by atoms with Crippen LogP contribution in [-0.2, 0) is 11.3 Å². The van der Waals surface area contributed by atoms with Crippen LogP contribution in [0, 0.1) is 0 Å². The Hall–Kier alpha value is -2.63. The second kappa shape index (κ2) is 9.90. The molecule has 2 aromatic rings. The number of benzene rings is 2. The smallest absolute Gasteiger partial charge is 0.387 e. The predicted octanol–water partition coefficient (Wildman–Crippen LogP) is 4.84. The van der Waals surface area contributed by atoms with Crippen LogP contribution in [-0.4, -0.2) is 31.1 Å². The van der Waals surface area contributed by atoms with E-state index in [1.807, 2.05) is 37.3 Å². The van der Waals surface area contributed by atoms with Crippen molar-refractivity contribution in [2.75, 3.05) is 13.7 Å². The molecule has 2 aromatic carbocycles. The Morgan fingerprint density at radius 3 is 2.37 bits per heavy atom. The third-order valence-electron chi connectivity index (χ3n) is 4.23. The van der Waals surface area contributed by atoms with Gasteiger partial charge in [-0.2, -0.15) is 8.78 Å². The van der Waals surface area contributed by atoms with Crippen LogP contribution in [0.1, 0.15) is 37.3 Å². The van der Waals surface area contributed by atoms with Crippen LogP contribution in [0.2, 0.25) is 0 Å². The number of ether oxygens (including phenoxy) is 2. The van der Waals surface area contributed by atoms with Crippen molar-refractivity contribution in [3.05, 3.63) is 59.7 Å². The van der Waals surface area contributed by atoms with Gasteiger partial charge >= 0.3 is 6.61 Å². The molecule has 1 unspecified atom stereocenters. The first-order chi connectivity index (χ1) is 13.0.